The van der Waals surface area contributed by atoms with E-state index in [4.69, 9.17) is 34.8 Å². The van der Waals surface area contributed by atoms with Gasteiger partial charge in [0.25, 0.3) is 10.0 Å². The number of anilines is 1. The fraction of sp³-hybridized carbons (Fsp3) is 0.259. The molecule has 3 aromatic rings. The Morgan fingerprint density at radius 1 is 0.895 bits per heavy atom. The molecule has 1 atom stereocenters. The molecule has 7 nitrogen and oxygen atoms in total. The highest BCUT2D eigenvalue weighted by Gasteiger charge is 2.32. The van der Waals surface area contributed by atoms with Crippen molar-refractivity contribution in [2.75, 3.05) is 17.4 Å². The molecule has 1 unspecified atom stereocenters. The van der Waals surface area contributed by atoms with Crippen molar-refractivity contribution in [2.24, 2.45) is 0 Å². The Hall–Kier alpha value is -2.78. The van der Waals surface area contributed by atoms with E-state index in [1.807, 2.05) is 6.92 Å². The summed E-state index contributed by atoms with van der Waals surface area (Å²) >= 11 is 18.3. The minimum atomic E-state index is -4.21. The van der Waals surface area contributed by atoms with E-state index in [2.05, 4.69) is 5.32 Å². The molecular weight excluding hydrogens is 569 g/mol. The lowest BCUT2D eigenvalue weighted by molar-refractivity contribution is -0.139. The van der Waals surface area contributed by atoms with Crippen LogP contribution in [0, 0.1) is 0 Å². The van der Waals surface area contributed by atoms with Crippen LogP contribution in [0.2, 0.25) is 15.1 Å². The molecule has 0 fully saturated rings. The third-order valence-electron chi connectivity index (χ3n) is 5.74. The SMILES string of the molecule is CCCNC(=O)C(C)N(Cc1cccc(Cl)c1)C(=O)CN(c1cccc(Cl)c1)S(=O)(=O)c1ccc(Cl)cc1. The van der Waals surface area contributed by atoms with Gasteiger partial charge in [-0.1, -0.05) is 59.9 Å². The Morgan fingerprint density at radius 3 is 2.13 bits per heavy atom. The lowest BCUT2D eigenvalue weighted by Gasteiger charge is -2.32. The number of sulfonamides is 1. The zero-order valence-electron chi connectivity index (χ0n) is 20.9. The molecule has 38 heavy (non-hydrogen) atoms. The number of carbonyl (C=O) groups is 2. The Labute approximate surface area is 238 Å². The van der Waals surface area contributed by atoms with Crippen LogP contribution in [0.25, 0.3) is 0 Å². The minimum Gasteiger partial charge on any atom is -0.354 e. The number of hydrogen-bond donors (Lipinski definition) is 1. The van der Waals surface area contributed by atoms with Gasteiger partial charge in [-0.05, 0) is 73.5 Å². The van der Waals surface area contributed by atoms with E-state index in [0.717, 1.165) is 10.7 Å². The van der Waals surface area contributed by atoms with Crippen molar-refractivity contribution < 1.29 is 18.0 Å². The quantitative estimate of drug-likeness (QED) is 0.304. The molecule has 0 aliphatic heterocycles. The Bertz CT molecular complexity index is 1380. The van der Waals surface area contributed by atoms with Crippen LogP contribution in [0.5, 0.6) is 0 Å². The fourth-order valence-electron chi connectivity index (χ4n) is 3.70. The molecule has 0 spiro atoms. The van der Waals surface area contributed by atoms with Gasteiger partial charge in [-0.15, -0.1) is 0 Å². The second-order valence-electron chi connectivity index (χ2n) is 8.56. The standard InChI is InChI=1S/C27H28Cl3N3O4S/c1-3-14-31-27(35)19(2)32(17-20-6-4-7-22(29)15-20)26(34)18-33(24-9-5-8-23(30)16-24)38(36,37)25-12-10-21(28)11-13-25/h4-13,15-16,19H,3,14,17-18H2,1-2H3,(H,31,35). The van der Waals surface area contributed by atoms with Crippen LogP contribution < -0.4 is 9.62 Å². The van der Waals surface area contributed by atoms with Crippen molar-refractivity contribution in [1.29, 1.82) is 0 Å². The molecule has 0 saturated carbocycles. The molecule has 0 aliphatic carbocycles. The number of nitrogens with zero attached hydrogens (tertiary/aromatic N) is 2. The van der Waals surface area contributed by atoms with Gasteiger partial charge < -0.3 is 10.2 Å². The van der Waals surface area contributed by atoms with Crippen molar-refractivity contribution in [3.63, 3.8) is 0 Å². The molecule has 3 rings (SSSR count). The van der Waals surface area contributed by atoms with E-state index in [1.54, 1.807) is 49.4 Å². The van der Waals surface area contributed by atoms with Crippen LogP contribution in [0.15, 0.2) is 77.7 Å². The van der Waals surface area contributed by atoms with Crippen molar-refractivity contribution in [1.82, 2.24) is 10.2 Å². The Morgan fingerprint density at radius 2 is 1.53 bits per heavy atom. The first kappa shape index (κ1) is 29.8. The largest absolute Gasteiger partial charge is 0.354 e. The van der Waals surface area contributed by atoms with E-state index < -0.39 is 28.5 Å². The molecule has 11 heteroatoms. The van der Waals surface area contributed by atoms with Gasteiger partial charge in [0, 0.05) is 28.2 Å². The average Bonchev–Trinajstić information content (AvgIpc) is 2.88. The zero-order valence-corrected chi connectivity index (χ0v) is 24.0. The number of carbonyl (C=O) groups excluding carboxylic acids is 2. The van der Waals surface area contributed by atoms with Crippen LogP contribution >= 0.6 is 34.8 Å². The topological polar surface area (TPSA) is 86.8 Å². The third-order valence-corrected chi connectivity index (χ3v) is 8.25. The number of halogens is 3. The number of benzene rings is 3. The van der Waals surface area contributed by atoms with Crippen molar-refractivity contribution in [2.45, 2.75) is 37.8 Å². The van der Waals surface area contributed by atoms with Gasteiger partial charge in [0.2, 0.25) is 11.8 Å². The molecule has 0 aromatic heterocycles. The molecule has 0 bridgehead atoms. The lowest BCUT2D eigenvalue weighted by Crippen LogP contribution is -2.51. The summed E-state index contributed by atoms with van der Waals surface area (Å²) < 4.78 is 28.4. The van der Waals surface area contributed by atoms with Crippen molar-refractivity contribution >= 4 is 62.3 Å². The van der Waals surface area contributed by atoms with Gasteiger partial charge in [0.1, 0.15) is 12.6 Å². The normalized spacial score (nSPS) is 12.0. The van der Waals surface area contributed by atoms with Crippen LogP contribution in [0.4, 0.5) is 5.69 Å². The first-order chi connectivity index (χ1) is 18.0. The Balaban J connectivity index is 2.02. The maximum atomic E-state index is 13.8. The van der Waals surface area contributed by atoms with E-state index in [0.29, 0.717) is 27.2 Å². The van der Waals surface area contributed by atoms with Gasteiger partial charge in [-0.2, -0.15) is 0 Å². The van der Waals surface area contributed by atoms with Crippen LogP contribution in [-0.4, -0.2) is 44.3 Å². The molecule has 0 radical (unpaired) electrons. The number of rotatable bonds is 11. The zero-order chi connectivity index (χ0) is 27.9. The van der Waals surface area contributed by atoms with Crippen molar-refractivity contribution in [3.8, 4) is 0 Å². The third kappa shape index (κ3) is 7.63. The predicted octanol–water partition coefficient (Wildman–Crippen LogP) is 5.79. The highest BCUT2D eigenvalue weighted by atomic mass is 35.5. The monoisotopic (exact) mass is 595 g/mol. The van der Waals surface area contributed by atoms with Gasteiger partial charge in [-0.25, -0.2) is 8.42 Å². The van der Waals surface area contributed by atoms with Crippen LogP contribution in [-0.2, 0) is 26.2 Å². The summed E-state index contributed by atoms with van der Waals surface area (Å²) in [5.74, 6) is -0.932. The summed E-state index contributed by atoms with van der Waals surface area (Å²) in [6.07, 6.45) is 0.725. The smallest absolute Gasteiger partial charge is 0.264 e. The van der Waals surface area contributed by atoms with E-state index in [9.17, 15) is 18.0 Å². The number of hydrogen-bond acceptors (Lipinski definition) is 4. The fourth-order valence-corrected chi connectivity index (χ4v) is 5.63. The predicted molar refractivity (Wildman–Crippen MR) is 152 cm³/mol. The average molecular weight is 597 g/mol. The molecular formula is C27H28Cl3N3O4S. The summed E-state index contributed by atoms with van der Waals surface area (Å²) in [5.41, 5.74) is 0.891. The second-order valence-corrected chi connectivity index (χ2v) is 11.7. The molecule has 202 valence electrons. The maximum Gasteiger partial charge on any atom is 0.264 e. The molecule has 0 aliphatic rings. The highest BCUT2D eigenvalue weighted by molar-refractivity contribution is 7.92. The number of nitrogens with one attached hydrogen (secondary N) is 1. The second kappa shape index (κ2) is 13.3. The molecule has 1 N–H and O–H groups in total. The highest BCUT2D eigenvalue weighted by Crippen LogP contribution is 2.27. The van der Waals surface area contributed by atoms with Gasteiger partial charge in [0.15, 0.2) is 0 Å². The van der Waals surface area contributed by atoms with Gasteiger partial charge in [0.05, 0.1) is 10.6 Å². The summed E-state index contributed by atoms with van der Waals surface area (Å²) in [5, 5.41) is 3.94. The Kier molecular flexibility index (Phi) is 10.4. The molecule has 0 saturated heterocycles. The molecule has 2 amide bonds. The van der Waals surface area contributed by atoms with E-state index in [-0.39, 0.29) is 23.0 Å². The van der Waals surface area contributed by atoms with Crippen LogP contribution in [0.1, 0.15) is 25.8 Å². The molecule has 3 aromatic carbocycles. The first-order valence-electron chi connectivity index (χ1n) is 11.9. The van der Waals surface area contributed by atoms with Gasteiger partial charge in [-0.3, -0.25) is 13.9 Å². The minimum absolute atomic E-state index is 0.0461. The summed E-state index contributed by atoms with van der Waals surface area (Å²) in [4.78, 5) is 28.0. The molecule has 0 heterocycles. The summed E-state index contributed by atoms with van der Waals surface area (Å²) in [7, 11) is -4.21. The van der Waals surface area contributed by atoms with E-state index >= 15 is 0 Å². The van der Waals surface area contributed by atoms with E-state index in [1.165, 1.54) is 35.2 Å². The van der Waals surface area contributed by atoms with Crippen molar-refractivity contribution in [3.05, 3.63) is 93.4 Å². The maximum absolute atomic E-state index is 13.8. The van der Waals surface area contributed by atoms with Crippen LogP contribution in [0.3, 0.4) is 0 Å². The summed E-state index contributed by atoms with van der Waals surface area (Å²) in [6, 6.07) is 17.9. The number of amides is 2. The van der Waals surface area contributed by atoms with Gasteiger partial charge >= 0.3 is 0 Å². The summed E-state index contributed by atoms with van der Waals surface area (Å²) in [6.45, 7) is 3.44. The first-order valence-corrected chi connectivity index (χ1v) is 14.5. The lowest BCUT2D eigenvalue weighted by atomic mass is 10.1.